The molecule has 5 nitrogen and oxygen atoms in total. The van der Waals surface area contributed by atoms with Crippen molar-refractivity contribution in [3.63, 3.8) is 0 Å². The van der Waals surface area contributed by atoms with E-state index in [1.165, 1.54) is 36.7 Å². The average Bonchev–Trinajstić information content (AvgIpc) is 2.67. The van der Waals surface area contributed by atoms with Crippen LogP contribution in [0.25, 0.3) is 17.3 Å². The Morgan fingerprint density at radius 1 is 0.920 bits per heavy atom. The number of hydrogen-bond acceptors (Lipinski definition) is 4. The zero-order valence-corrected chi connectivity index (χ0v) is 13.2. The summed E-state index contributed by atoms with van der Waals surface area (Å²) in [5.41, 5.74) is 3.11. The number of carboxylic acids is 1. The molecule has 0 amide bonds. The summed E-state index contributed by atoms with van der Waals surface area (Å²) in [6.07, 6.45) is 6.34. The normalized spacial score (nSPS) is 10.7. The van der Waals surface area contributed by atoms with E-state index in [4.69, 9.17) is 5.11 Å². The van der Waals surface area contributed by atoms with Gasteiger partial charge in [-0.1, -0.05) is 42.5 Å². The molecule has 122 valence electrons. The third kappa shape index (κ3) is 3.84. The number of benzene rings is 2. The van der Waals surface area contributed by atoms with Gasteiger partial charge in [-0.05, 0) is 29.8 Å². The van der Waals surface area contributed by atoms with Crippen molar-refractivity contribution < 1.29 is 14.7 Å². The number of aromatic carboxylic acids is 1. The smallest absolute Gasteiger partial charge is 0.335 e. The molecule has 0 saturated carbocycles. The quantitative estimate of drug-likeness (QED) is 0.569. The van der Waals surface area contributed by atoms with Crippen LogP contribution in [0.15, 0.2) is 73.2 Å². The van der Waals surface area contributed by atoms with Crippen LogP contribution in [0.1, 0.15) is 26.3 Å². The first-order valence-electron chi connectivity index (χ1n) is 7.56. The fraction of sp³-hybridized carbons (Fsp3) is 0. The SMILES string of the molecule is O=C(O)c1ccc(C(=O)C=Cc2ccccc2-c2ccncn2)cc1. The Kier molecular flexibility index (Phi) is 4.76. The van der Waals surface area contributed by atoms with Gasteiger partial charge in [-0.2, -0.15) is 0 Å². The summed E-state index contributed by atoms with van der Waals surface area (Å²) in [6, 6.07) is 15.3. The van der Waals surface area contributed by atoms with Crippen molar-refractivity contribution in [1.29, 1.82) is 0 Å². The van der Waals surface area contributed by atoms with E-state index in [1.807, 2.05) is 24.3 Å². The van der Waals surface area contributed by atoms with Crippen molar-refractivity contribution in [3.8, 4) is 11.3 Å². The summed E-state index contributed by atoms with van der Waals surface area (Å²) < 4.78 is 0. The number of hydrogen-bond donors (Lipinski definition) is 1. The first kappa shape index (κ1) is 16.3. The molecule has 25 heavy (non-hydrogen) atoms. The number of aromatic nitrogens is 2. The highest BCUT2D eigenvalue weighted by Crippen LogP contribution is 2.22. The number of carboxylic acid groups (broad SMARTS) is 1. The number of rotatable bonds is 5. The number of allylic oxidation sites excluding steroid dienone is 1. The van der Waals surface area contributed by atoms with E-state index in [-0.39, 0.29) is 11.3 Å². The first-order chi connectivity index (χ1) is 12.1. The van der Waals surface area contributed by atoms with Gasteiger partial charge in [0.25, 0.3) is 0 Å². The second-order valence-electron chi connectivity index (χ2n) is 5.26. The molecular formula is C20H14N2O3. The van der Waals surface area contributed by atoms with Gasteiger partial charge in [-0.3, -0.25) is 4.79 Å². The van der Waals surface area contributed by atoms with E-state index in [0.29, 0.717) is 5.56 Å². The molecule has 0 saturated heterocycles. The van der Waals surface area contributed by atoms with Gasteiger partial charge in [-0.15, -0.1) is 0 Å². The molecule has 2 aromatic carbocycles. The number of carbonyl (C=O) groups excluding carboxylic acids is 1. The van der Waals surface area contributed by atoms with Gasteiger partial charge in [0, 0.05) is 17.3 Å². The summed E-state index contributed by atoms with van der Waals surface area (Å²) in [5, 5.41) is 8.90. The van der Waals surface area contributed by atoms with E-state index < -0.39 is 5.97 Å². The van der Waals surface area contributed by atoms with E-state index in [0.717, 1.165) is 16.8 Å². The highest BCUT2D eigenvalue weighted by atomic mass is 16.4. The van der Waals surface area contributed by atoms with Crippen LogP contribution in [0.2, 0.25) is 0 Å². The van der Waals surface area contributed by atoms with Gasteiger partial charge in [0.2, 0.25) is 0 Å². The Balaban J connectivity index is 1.85. The topological polar surface area (TPSA) is 80.1 Å². The predicted octanol–water partition coefficient (Wildman–Crippen LogP) is 3.74. The molecule has 3 aromatic rings. The van der Waals surface area contributed by atoms with Crippen LogP contribution in [0, 0.1) is 0 Å². The van der Waals surface area contributed by atoms with Crippen LogP contribution in [0.3, 0.4) is 0 Å². The van der Waals surface area contributed by atoms with Gasteiger partial charge >= 0.3 is 5.97 Å². The van der Waals surface area contributed by atoms with Gasteiger partial charge in [0.05, 0.1) is 11.3 Å². The number of carbonyl (C=O) groups is 2. The van der Waals surface area contributed by atoms with Gasteiger partial charge in [0.1, 0.15) is 6.33 Å². The summed E-state index contributed by atoms with van der Waals surface area (Å²) >= 11 is 0. The second kappa shape index (κ2) is 7.31. The first-order valence-corrected chi connectivity index (χ1v) is 7.56. The summed E-state index contributed by atoms with van der Waals surface area (Å²) in [6.45, 7) is 0. The molecule has 0 bridgehead atoms. The van der Waals surface area contributed by atoms with Gasteiger partial charge in [0.15, 0.2) is 5.78 Å². The lowest BCUT2D eigenvalue weighted by molar-refractivity contribution is 0.0696. The lowest BCUT2D eigenvalue weighted by Crippen LogP contribution is -1.99. The molecule has 1 heterocycles. The van der Waals surface area contributed by atoms with E-state index in [1.54, 1.807) is 18.3 Å². The van der Waals surface area contributed by atoms with Crippen LogP contribution < -0.4 is 0 Å². The fourth-order valence-electron chi connectivity index (χ4n) is 2.36. The minimum Gasteiger partial charge on any atom is -0.478 e. The Morgan fingerprint density at radius 2 is 1.64 bits per heavy atom. The maximum atomic E-state index is 12.3. The third-order valence-electron chi connectivity index (χ3n) is 3.65. The maximum Gasteiger partial charge on any atom is 0.335 e. The monoisotopic (exact) mass is 330 g/mol. The van der Waals surface area contributed by atoms with Crippen molar-refractivity contribution in [2.75, 3.05) is 0 Å². The van der Waals surface area contributed by atoms with Crippen LogP contribution in [0.4, 0.5) is 0 Å². The minimum absolute atomic E-state index is 0.148. The van der Waals surface area contributed by atoms with Crippen LogP contribution >= 0.6 is 0 Å². The van der Waals surface area contributed by atoms with Crippen LogP contribution in [0.5, 0.6) is 0 Å². The molecule has 5 heteroatoms. The van der Waals surface area contributed by atoms with E-state index in [9.17, 15) is 9.59 Å². The van der Waals surface area contributed by atoms with Crippen molar-refractivity contribution in [1.82, 2.24) is 9.97 Å². The Bertz CT molecular complexity index is 933. The molecule has 1 aromatic heterocycles. The molecule has 0 aliphatic heterocycles. The van der Waals surface area contributed by atoms with Crippen molar-refractivity contribution in [2.45, 2.75) is 0 Å². The molecule has 3 rings (SSSR count). The maximum absolute atomic E-state index is 12.3. The summed E-state index contributed by atoms with van der Waals surface area (Å²) in [5.74, 6) is -1.22. The Hall–Kier alpha value is -3.60. The van der Waals surface area contributed by atoms with Crippen LogP contribution in [-0.2, 0) is 0 Å². The van der Waals surface area contributed by atoms with Crippen LogP contribution in [-0.4, -0.2) is 26.8 Å². The zero-order valence-electron chi connectivity index (χ0n) is 13.2. The lowest BCUT2D eigenvalue weighted by Gasteiger charge is -2.04. The lowest BCUT2D eigenvalue weighted by atomic mass is 10.0. The Labute approximate surface area is 144 Å². The molecule has 0 atom stereocenters. The minimum atomic E-state index is -1.02. The van der Waals surface area contributed by atoms with E-state index in [2.05, 4.69) is 9.97 Å². The fourth-order valence-corrected chi connectivity index (χ4v) is 2.36. The second-order valence-corrected chi connectivity index (χ2v) is 5.26. The molecule has 0 fully saturated rings. The summed E-state index contributed by atoms with van der Waals surface area (Å²) in [4.78, 5) is 31.3. The molecule has 0 unspecified atom stereocenters. The highest BCUT2D eigenvalue weighted by molar-refractivity contribution is 6.07. The standard InChI is InChI=1S/C20H14N2O3/c23-19(15-5-7-16(8-6-15)20(24)25)10-9-14-3-1-2-4-17(14)18-11-12-21-13-22-18/h1-13H,(H,24,25). The summed E-state index contributed by atoms with van der Waals surface area (Å²) in [7, 11) is 0. The van der Waals surface area contributed by atoms with Gasteiger partial charge in [-0.25, -0.2) is 14.8 Å². The largest absolute Gasteiger partial charge is 0.478 e. The van der Waals surface area contributed by atoms with Crippen molar-refractivity contribution in [3.05, 3.63) is 89.9 Å². The molecule has 0 aliphatic rings. The molecule has 0 radical (unpaired) electrons. The zero-order chi connectivity index (χ0) is 17.6. The van der Waals surface area contributed by atoms with Gasteiger partial charge < -0.3 is 5.11 Å². The third-order valence-corrected chi connectivity index (χ3v) is 3.65. The molecule has 1 N–H and O–H groups in total. The Morgan fingerprint density at radius 3 is 2.32 bits per heavy atom. The molecule has 0 spiro atoms. The van der Waals surface area contributed by atoms with E-state index >= 15 is 0 Å². The number of nitrogens with zero attached hydrogens (tertiary/aromatic N) is 2. The highest BCUT2D eigenvalue weighted by Gasteiger charge is 2.07. The molecule has 0 aliphatic carbocycles. The predicted molar refractivity (Wildman–Crippen MR) is 94.2 cm³/mol. The number of ketones is 1. The molecular weight excluding hydrogens is 316 g/mol. The van der Waals surface area contributed by atoms with Crippen molar-refractivity contribution in [2.24, 2.45) is 0 Å². The van der Waals surface area contributed by atoms with Crippen molar-refractivity contribution >= 4 is 17.8 Å². The average molecular weight is 330 g/mol.